The van der Waals surface area contributed by atoms with Gasteiger partial charge in [-0.15, -0.1) is 11.3 Å². The van der Waals surface area contributed by atoms with Crippen LogP contribution in [0.2, 0.25) is 0 Å². The Hall–Kier alpha value is -3.19. The van der Waals surface area contributed by atoms with Gasteiger partial charge in [-0.1, -0.05) is 44.2 Å². The Morgan fingerprint density at radius 2 is 1.87 bits per heavy atom. The van der Waals surface area contributed by atoms with Crippen LogP contribution in [0.25, 0.3) is 11.1 Å². The summed E-state index contributed by atoms with van der Waals surface area (Å²) in [4.78, 5) is 31.1. The molecule has 0 saturated heterocycles. The predicted octanol–water partition coefficient (Wildman–Crippen LogP) is 4.54. The van der Waals surface area contributed by atoms with E-state index >= 15 is 0 Å². The molecule has 0 radical (unpaired) electrons. The van der Waals surface area contributed by atoms with Crippen molar-refractivity contribution >= 4 is 28.3 Å². The van der Waals surface area contributed by atoms with E-state index in [1.54, 1.807) is 25.3 Å². The van der Waals surface area contributed by atoms with Crippen molar-refractivity contribution in [3.63, 3.8) is 0 Å². The number of hydrogen-bond donors (Lipinski definition) is 1. The van der Waals surface area contributed by atoms with E-state index in [0.29, 0.717) is 11.7 Å². The third-order valence-electron chi connectivity index (χ3n) is 5.21. The molecule has 0 spiro atoms. The zero-order chi connectivity index (χ0) is 21.4. The lowest BCUT2D eigenvalue weighted by Crippen LogP contribution is -2.30. The van der Waals surface area contributed by atoms with Crippen molar-refractivity contribution in [1.82, 2.24) is 14.9 Å². The van der Waals surface area contributed by atoms with Gasteiger partial charge in [-0.25, -0.2) is 4.98 Å². The van der Waals surface area contributed by atoms with Crippen LogP contribution in [0.5, 0.6) is 0 Å². The maximum absolute atomic E-state index is 13.3. The molecule has 3 heterocycles. The molecule has 0 saturated carbocycles. The molecule has 0 aliphatic rings. The summed E-state index contributed by atoms with van der Waals surface area (Å²) in [5.74, 6) is 0.443. The first-order chi connectivity index (χ1) is 14.4. The number of rotatable bonds is 5. The molecule has 4 aromatic rings. The number of nitrogens with one attached hydrogen (secondary N) is 1. The fourth-order valence-corrected chi connectivity index (χ4v) is 4.31. The fraction of sp³-hybridized carbons (Fsp3) is 0.261. The molecule has 3 aromatic heterocycles. The van der Waals surface area contributed by atoms with Crippen molar-refractivity contribution in [2.45, 2.75) is 32.7 Å². The smallest absolute Gasteiger partial charge is 0.265 e. The summed E-state index contributed by atoms with van der Waals surface area (Å²) in [7, 11) is 1.60. The molecule has 6 nitrogen and oxygen atoms in total. The molecule has 4 rings (SSSR count). The summed E-state index contributed by atoms with van der Waals surface area (Å²) in [5.41, 5.74) is 2.32. The molecule has 1 unspecified atom stereocenters. The standard InChI is InChI=1S/C23H23N3O3S/c1-13(2)15-7-9-16(10-8-15)20(17-6-5-11-30-17)25-21(27)18-14(3)29-22-19(18)23(28)26(4)12-24-22/h5-13,20H,1-4H3,(H,25,27). The van der Waals surface area contributed by atoms with Crippen LogP contribution in [0.4, 0.5) is 0 Å². The van der Waals surface area contributed by atoms with Gasteiger partial charge in [-0.3, -0.25) is 9.59 Å². The van der Waals surface area contributed by atoms with Crippen LogP contribution in [0, 0.1) is 6.92 Å². The Morgan fingerprint density at radius 1 is 1.17 bits per heavy atom. The number of nitrogens with zero attached hydrogens (tertiary/aromatic N) is 2. The number of carbonyl (C=O) groups is 1. The van der Waals surface area contributed by atoms with E-state index in [-0.39, 0.29) is 34.2 Å². The summed E-state index contributed by atoms with van der Waals surface area (Å²) in [6, 6.07) is 11.9. The topological polar surface area (TPSA) is 77.1 Å². The van der Waals surface area contributed by atoms with Crippen molar-refractivity contribution in [3.8, 4) is 0 Å². The van der Waals surface area contributed by atoms with Crippen LogP contribution in [0.3, 0.4) is 0 Å². The van der Waals surface area contributed by atoms with Crippen molar-refractivity contribution in [1.29, 1.82) is 0 Å². The number of thiophene rings is 1. The Labute approximate surface area is 178 Å². The van der Waals surface area contributed by atoms with Gasteiger partial charge in [0.25, 0.3) is 11.5 Å². The van der Waals surface area contributed by atoms with Crippen LogP contribution in [0.1, 0.15) is 57.9 Å². The second-order valence-electron chi connectivity index (χ2n) is 7.62. The van der Waals surface area contributed by atoms with Gasteiger partial charge in [-0.05, 0) is 35.4 Å². The van der Waals surface area contributed by atoms with E-state index in [1.807, 2.05) is 29.6 Å². The molecule has 1 atom stereocenters. The molecule has 0 bridgehead atoms. The highest BCUT2D eigenvalue weighted by molar-refractivity contribution is 7.10. The minimum atomic E-state index is -0.359. The number of furan rings is 1. The molecular formula is C23H23N3O3S. The molecule has 30 heavy (non-hydrogen) atoms. The minimum Gasteiger partial charge on any atom is -0.442 e. The second kappa shape index (κ2) is 7.91. The predicted molar refractivity (Wildman–Crippen MR) is 118 cm³/mol. The van der Waals surface area contributed by atoms with Gasteiger partial charge in [0.05, 0.1) is 11.6 Å². The second-order valence-corrected chi connectivity index (χ2v) is 8.60. The molecule has 154 valence electrons. The first-order valence-electron chi connectivity index (χ1n) is 9.75. The lowest BCUT2D eigenvalue weighted by molar-refractivity contribution is 0.0943. The quantitative estimate of drug-likeness (QED) is 0.513. The Morgan fingerprint density at radius 3 is 2.50 bits per heavy atom. The largest absolute Gasteiger partial charge is 0.442 e. The van der Waals surface area contributed by atoms with Crippen molar-refractivity contribution in [2.24, 2.45) is 7.05 Å². The summed E-state index contributed by atoms with van der Waals surface area (Å²) in [6.07, 6.45) is 1.39. The minimum absolute atomic E-state index is 0.176. The zero-order valence-corrected chi connectivity index (χ0v) is 18.1. The van der Waals surface area contributed by atoms with E-state index in [1.165, 1.54) is 16.5 Å². The molecule has 1 aromatic carbocycles. The maximum Gasteiger partial charge on any atom is 0.265 e. The lowest BCUT2D eigenvalue weighted by atomic mass is 9.98. The maximum atomic E-state index is 13.3. The van der Waals surface area contributed by atoms with Gasteiger partial charge in [0, 0.05) is 11.9 Å². The van der Waals surface area contributed by atoms with Gasteiger partial charge in [0.1, 0.15) is 17.5 Å². The number of benzene rings is 1. The monoisotopic (exact) mass is 421 g/mol. The number of carbonyl (C=O) groups excluding carboxylic acids is 1. The zero-order valence-electron chi connectivity index (χ0n) is 17.3. The summed E-state index contributed by atoms with van der Waals surface area (Å²) >= 11 is 1.57. The van der Waals surface area contributed by atoms with Crippen LogP contribution in [-0.2, 0) is 7.05 Å². The van der Waals surface area contributed by atoms with Gasteiger partial charge in [-0.2, -0.15) is 0 Å². The van der Waals surface area contributed by atoms with Crippen LogP contribution >= 0.6 is 11.3 Å². The van der Waals surface area contributed by atoms with E-state index in [2.05, 4.69) is 36.3 Å². The summed E-state index contributed by atoms with van der Waals surface area (Å²) in [5, 5.41) is 5.29. The molecule has 0 fully saturated rings. The number of aromatic nitrogens is 2. The molecule has 0 aliphatic carbocycles. The fourth-order valence-electron chi connectivity index (χ4n) is 3.51. The third-order valence-corrected chi connectivity index (χ3v) is 6.15. The van der Waals surface area contributed by atoms with Crippen molar-refractivity contribution in [3.05, 3.63) is 85.8 Å². The van der Waals surface area contributed by atoms with Gasteiger partial charge < -0.3 is 14.3 Å². The van der Waals surface area contributed by atoms with E-state index in [9.17, 15) is 9.59 Å². The van der Waals surface area contributed by atoms with Gasteiger partial charge >= 0.3 is 0 Å². The average molecular weight is 422 g/mol. The number of hydrogen-bond acceptors (Lipinski definition) is 5. The molecule has 1 amide bonds. The highest BCUT2D eigenvalue weighted by Gasteiger charge is 2.26. The van der Waals surface area contributed by atoms with E-state index < -0.39 is 0 Å². The number of aryl methyl sites for hydroxylation is 2. The van der Waals surface area contributed by atoms with E-state index in [4.69, 9.17) is 4.42 Å². The third kappa shape index (κ3) is 3.57. The molecular weight excluding hydrogens is 398 g/mol. The molecule has 7 heteroatoms. The van der Waals surface area contributed by atoms with Crippen LogP contribution < -0.4 is 10.9 Å². The molecule has 0 aliphatic heterocycles. The highest BCUT2D eigenvalue weighted by atomic mass is 32.1. The van der Waals surface area contributed by atoms with Gasteiger partial charge in [0.15, 0.2) is 0 Å². The molecule has 1 N–H and O–H groups in total. The van der Waals surface area contributed by atoms with Crippen molar-refractivity contribution in [2.75, 3.05) is 0 Å². The van der Waals surface area contributed by atoms with Gasteiger partial charge in [0.2, 0.25) is 5.71 Å². The van der Waals surface area contributed by atoms with Crippen molar-refractivity contribution < 1.29 is 9.21 Å². The summed E-state index contributed by atoms with van der Waals surface area (Å²) < 4.78 is 6.94. The Balaban J connectivity index is 1.75. The summed E-state index contributed by atoms with van der Waals surface area (Å²) in [6.45, 7) is 5.97. The Kier molecular flexibility index (Phi) is 5.30. The number of amides is 1. The average Bonchev–Trinajstić information content (AvgIpc) is 3.37. The highest BCUT2D eigenvalue weighted by Crippen LogP contribution is 2.29. The first-order valence-corrected chi connectivity index (χ1v) is 10.6. The van der Waals surface area contributed by atoms with Crippen LogP contribution in [-0.4, -0.2) is 15.5 Å². The van der Waals surface area contributed by atoms with Crippen LogP contribution in [0.15, 0.2) is 57.3 Å². The Bertz CT molecular complexity index is 1250. The van der Waals surface area contributed by atoms with E-state index in [0.717, 1.165) is 10.4 Å². The lowest BCUT2D eigenvalue weighted by Gasteiger charge is -2.19. The first kappa shape index (κ1) is 20.1. The SMILES string of the molecule is Cc1oc2ncn(C)c(=O)c2c1C(=O)NC(c1ccc(C(C)C)cc1)c1cccs1. The number of fused-ring (bicyclic) bond motifs is 1. The normalized spacial score (nSPS) is 12.4.